The maximum atomic E-state index is 11.7. The standard InChI is InChI=1S/C13H10N2O5/c16-8-10-3-1-9(2-4-10)7-14-13(17)11-5-6-12(20-11)15(18)19/h1-6,8H,7H2,(H,14,17). The largest absolute Gasteiger partial charge is 0.433 e. The van der Waals surface area contributed by atoms with E-state index in [-0.39, 0.29) is 12.3 Å². The third kappa shape index (κ3) is 3.08. The van der Waals surface area contributed by atoms with E-state index in [1.54, 1.807) is 24.3 Å². The average Bonchev–Trinajstić information content (AvgIpc) is 2.95. The summed E-state index contributed by atoms with van der Waals surface area (Å²) in [5.41, 5.74) is 1.34. The lowest BCUT2D eigenvalue weighted by Crippen LogP contribution is -2.22. The number of carbonyl (C=O) groups is 2. The second-order valence-electron chi connectivity index (χ2n) is 3.94. The quantitative estimate of drug-likeness (QED) is 0.509. The monoisotopic (exact) mass is 274 g/mol. The first-order valence-corrected chi connectivity index (χ1v) is 5.66. The molecule has 1 amide bonds. The Morgan fingerprint density at radius 2 is 1.95 bits per heavy atom. The number of nitrogens with zero attached hydrogens (tertiary/aromatic N) is 1. The Morgan fingerprint density at radius 3 is 2.50 bits per heavy atom. The van der Waals surface area contributed by atoms with Gasteiger partial charge in [0, 0.05) is 12.1 Å². The summed E-state index contributed by atoms with van der Waals surface area (Å²) in [5.74, 6) is -1.15. The molecule has 2 rings (SSSR count). The first-order valence-electron chi connectivity index (χ1n) is 5.66. The normalized spacial score (nSPS) is 10.0. The molecule has 0 aliphatic carbocycles. The molecule has 1 aromatic heterocycles. The first-order chi connectivity index (χ1) is 9.60. The molecular formula is C13H10N2O5. The van der Waals surface area contributed by atoms with E-state index >= 15 is 0 Å². The predicted octanol–water partition coefficient (Wildman–Crippen LogP) is 1.93. The number of rotatable bonds is 5. The molecule has 0 spiro atoms. The Bertz CT molecular complexity index is 645. The van der Waals surface area contributed by atoms with Gasteiger partial charge in [0.15, 0.2) is 5.76 Å². The fraction of sp³-hybridized carbons (Fsp3) is 0.0769. The van der Waals surface area contributed by atoms with Gasteiger partial charge in [0.25, 0.3) is 5.91 Å². The molecule has 1 N–H and O–H groups in total. The summed E-state index contributed by atoms with van der Waals surface area (Å²) in [5, 5.41) is 13.0. The van der Waals surface area contributed by atoms with Crippen LogP contribution >= 0.6 is 0 Å². The zero-order chi connectivity index (χ0) is 14.5. The zero-order valence-electron chi connectivity index (χ0n) is 10.2. The van der Waals surface area contributed by atoms with Gasteiger partial charge in [-0.05, 0) is 11.6 Å². The smallest absolute Gasteiger partial charge is 0.395 e. The maximum absolute atomic E-state index is 11.7. The lowest BCUT2D eigenvalue weighted by molar-refractivity contribution is -0.402. The molecule has 0 saturated heterocycles. The van der Waals surface area contributed by atoms with Gasteiger partial charge in [-0.1, -0.05) is 24.3 Å². The van der Waals surface area contributed by atoms with E-state index in [4.69, 9.17) is 4.42 Å². The van der Waals surface area contributed by atoms with Gasteiger partial charge < -0.3 is 9.73 Å². The summed E-state index contributed by atoms with van der Waals surface area (Å²) in [7, 11) is 0. The average molecular weight is 274 g/mol. The molecule has 7 heteroatoms. The van der Waals surface area contributed by atoms with Crippen molar-refractivity contribution in [2.75, 3.05) is 0 Å². The summed E-state index contributed by atoms with van der Waals surface area (Å²) in [6.07, 6.45) is 0.727. The van der Waals surface area contributed by atoms with Crippen LogP contribution in [0.2, 0.25) is 0 Å². The molecule has 0 saturated carbocycles. The SMILES string of the molecule is O=Cc1ccc(CNC(=O)c2ccc([N+](=O)[O-])o2)cc1. The van der Waals surface area contributed by atoms with Gasteiger partial charge in [-0.2, -0.15) is 0 Å². The van der Waals surface area contributed by atoms with Gasteiger partial charge >= 0.3 is 5.88 Å². The van der Waals surface area contributed by atoms with Crippen molar-refractivity contribution in [3.8, 4) is 0 Å². The van der Waals surface area contributed by atoms with Crippen molar-refractivity contribution in [2.45, 2.75) is 6.54 Å². The number of nitro groups is 1. The highest BCUT2D eigenvalue weighted by Gasteiger charge is 2.16. The van der Waals surface area contributed by atoms with Crippen LogP contribution in [0.15, 0.2) is 40.8 Å². The van der Waals surface area contributed by atoms with Crippen molar-refractivity contribution in [1.82, 2.24) is 5.32 Å². The topological polar surface area (TPSA) is 102 Å². The third-order valence-corrected chi connectivity index (χ3v) is 2.56. The highest BCUT2D eigenvalue weighted by Crippen LogP contribution is 2.15. The molecule has 0 radical (unpaired) electrons. The Kier molecular flexibility index (Phi) is 3.90. The molecule has 20 heavy (non-hydrogen) atoms. The lowest BCUT2D eigenvalue weighted by Gasteiger charge is -2.03. The van der Waals surface area contributed by atoms with Gasteiger partial charge in [0.05, 0.1) is 6.07 Å². The van der Waals surface area contributed by atoms with Crippen LogP contribution in [-0.2, 0) is 6.54 Å². The van der Waals surface area contributed by atoms with Crippen molar-refractivity contribution in [3.05, 3.63) is 63.4 Å². The number of nitrogens with one attached hydrogen (secondary N) is 1. The second kappa shape index (κ2) is 5.79. The molecular weight excluding hydrogens is 264 g/mol. The molecule has 0 bridgehead atoms. The number of aldehydes is 1. The van der Waals surface area contributed by atoms with Crippen LogP contribution in [0, 0.1) is 10.1 Å². The molecule has 0 unspecified atom stereocenters. The highest BCUT2D eigenvalue weighted by atomic mass is 16.6. The zero-order valence-corrected chi connectivity index (χ0v) is 10.2. The van der Waals surface area contributed by atoms with Gasteiger partial charge in [-0.3, -0.25) is 19.7 Å². The van der Waals surface area contributed by atoms with E-state index in [1.807, 2.05) is 0 Å². The molecule has 1 aromatic carbocycles. The maximum Gasteiger partial charge on any atom is 0.433 e. The number of carbonyl (C=O) groups excluding carboxylic acids is 2. The lowest BCUT2D eigenvalue weighted by atomic mass is 10.1. The van der Waals surface area contributed by atoms with Gasteiger partial charge in [-0.25, -0.2) is 0 Å². The molecule has 0 fully saturated rings. The first kappa shape index (κ1) is 13.5. The van der Waals surface area contributed by atoms with E-state index < -0.39 is 16.7 Å². The fourth-order valence-electron chi connectivity index (χ4n) is 1.53. The van der Waals surface area contributed by atoms with Crippen LogP contribution in [0.3, 0.4) is 0 Å². The predicted molar refractivity (Wildman–Crippen MR) is 68.4 cm³/mol. The van der Waals surface area contributed by atoms with Gasteiger partial charge in [0.1, 0.15) is 11.2 Å². The van der Waals surface area contributed by atoms with Crippen LogP contribution in [0.25, 0.3) is 0 Å². The molecule has 2 aromatic rings. The van der Waals surface area contributed by atoms with E-state index in [0.717, 1.165) is 17.9 Å². The van der Waals surface area contributed by atoms with Crippen molar-refractivity contribution >= 4 is 18.1 Å². The van der Waals surface area contributed by atoms with E-state index in [2.05, 4.69) is 5.32 Å². The summed E-state index contributed by atoms with van der Waals surface area (Å²) in [6, 6.07) is 9.03. The van der Waals surface area contributed by atoms with Crippen LogP contribution < -0.4 is 5.32 Å². The van der Waals surface area contributed by atoms with Gasteiger partial charge in [-0.15, -0.1) is 0 Å². The van der Waals surface area contributed by atoms with Crippen molar-refractivity contribution in [2.24, 2.45) is 0 Å². The number of amides is 1. The molecule has 0 aliphatic rings. The minimum absolute atomic E-state index is 0.124. The van der Waals surface area contributed by atoms with Crippen LogP contribution in [-0.4, -0.2) is 17.1 Å². The van der Waals surface area contributed by atoms with Crippen molar-refractivity contribution in [3.63, 3.8) is 0 Å². The highest BCUT2D eigenvalue weighted by molar-refractivity contribution is 5.91. The van der Waals surface area contributed by atoms with Crippen molar-refractivity contribution in [1.29, 1.82) is 0 Å². The molecule has 0 aliphatic heterocycles. The summed E-state index contributed by atoms with van der Waals surface area (Å²) in [4.78, 5) is 31.9. The molecule has 1 heterocycles. The molecule has 0 atom stereocenters. The number of furan rings is 1. The number of hydrogen-bond donors (Lipinski definition) is 1. The van der Waals surface area contributed by atoms with E-state index in [9.17, 15) is 19.7 Å². The summed E-state index contributed by atoms with van der Waals surface area (Å²) >= 11 is 0. The fourth-order valence-corrected chi connectivity index (χ4v) is 1.53. The third-order valence-electron chi connectivity index (χ3n) is 2.56. The Balaban J connectivity index is 1.96. The number of hydrogen-bond acceptors (Lipinski definition) is 5. The molecule has 7 nitrogen and oxygen atoms in total. The van der Waals surface area contributed by atoms with Crippen LogP contribution in [0.5, 0.6) is 0 Å². The second-order valence-corrected chi connectivity index (χ2v) is 3.94. The van der Waals surface area contributed by atoms with E-state index in [1.165, 1.54) is 6.07 Å². The number of benzene rings is 1. The minimum atomic E-state index is -0.713. The molecule has 102 valence electrons. The Morgan fingerprint density at radius 1 is 1.25 bits per heavy atom. The summed E-state index contributed by atoms with van der Waals surface area (Å²) < 4.78 is 4.77. The minimum Gasteiger partial charge on any atom is -0.395 e. The van der Waals surface area contributed by atoms with Crippen LogP contribution in [0.4, 0.5) is 5.88 Å². The summed E-state index contributed by atoms with van der Waals surface area (Å²) in [6.45, 7) is 0.229. The Hall–Kier alpha value is -2.96. The van der Waals surface area contributed by atoms with Gasteiger partial charge in [0.2, 0.25) is 0 Å². The van der Waals surface area contributed by atoms with Crippen LogP contribution in [0.1, 0.15) is 26.5 Å². The van der Waals surface area contributed by atoms with E-state index in [0.29, 0.717) is 5.56 Å². The van der Waals surface area contributed by atoms with Crippen molar-refractivity contribution < 1.29 is 18.9 Å². The Labute approximate surface area is 113 Å².